The number of hydrogen-bond donors (Lipinski definition) is 1. The Morgan fingerprint density at radius 2 is 2.03 bits per heavy atom. The van der Waals surface area contributed by atoms with Crippen LogP contribution < -0.4 is 10.2 Å². The van der Waals surface area contributed by atoms with Crippen LogP contribution in [0, 0.1) is 12.8 Å². The van der Waals surface area contributed by atoms with Crippen LogP contribution in [0.1, 0.15) is 48.3 Å². The summed E-state index contributed by atoms with van der Waals surface area (Å²) in [5.74, 6) is 1.31. The zero-order chi connectivity index (χ0) is 21.7. The molecular formula is C22H27N5O3S. The highest BCUT2D eigenvalue weighted by molar-refractivity contribution is 7.19. The second-order valence-electron chi connectivity index (χ2n) is 8.59. The molecule has 164 valence electrons. The molecule has 4 heterocycles. The van der Waals surface area contributed by atoms with E-state index in [1.807, 2.05) is 17.9 Å². The number of pyridine rings is 1. The summed E-state index contributed by atoms with van der Waals surface area (Å²) in [6.07, 6.45) is 2.40. The van der Waals surface area contributed by atoms with Crippen LogP contribution in [0.3, 0.4) is 0 Å². The first-order chi connectivity index (χ1) is 14.9. The molecule has 2 aliphatic heterocycles. The number of carbonyl (C=O) groups is 2. The van der Waals surface area contributed by atoms with E-state index in [0.717, 1.165) is 33.2 Å². The number of aromatic nitrogens is 2. The van der Waals surface area contributed by atoms with E-state index in [-0.39, 0.29) is 17.9 Å². The Hall–Kier alpha value is -2.52. The Bertz CT molecular complexity index is 1040. The van der Waals surface area contributed by atoms with Crippen molar-refractivity contribution in [2.45, 2.75) is 46.2 Å². The van der Waals surface area contributed by atoms with E-state index in [1.165, 1.54) is 31.1 Å². The van der Waals surface area contributed by atoms with Gasteiger partial charge in [-0.05, 0) is 44.2 Å². The topological polar surface area (TPSA) is 87.7 Å². The third kappa shape index (κ3) is 3.80. The van der Waals surface area contributed by atoms with E-state index in [2.05, 4.69) is 22.1 Å². The van der Waals surface area contributed by atoms with Gasteiger partial charge < -0.3 is 19.9 Å². The molecule has 1 N–H and O–H groups in total. The highest BCUT2D eigenvalue weighted by Crippen LogP contribution is 2.42. The standard InChI is InChI=1S/C22H27N5O3S/c1-12-19(31-22(23-12)24-14(3)28)17-10-16-11-27(13(2)15-4-5-15)21(29)18(16)20(25-17)26-6-8-30-9-7-26/h10,13,15H,4-9,11H2,1-3H3,(H,23,24,28)/t13-/m1/s1. The van der Waals surface area contributed by atoms with E-state index in [1.54, 1.807) is 0 Å². The molecule has 2 amide bonds. The second-order valence-corrected chi connectivity index (χ2v) is 9.59. The van der Waals surface area contributed by atoms with Gasteiger partial charge in [-0.15, -0.1) is 0 Å². The smallest absolute Gasteiger partial charge is 0.258 e. The SMILES string of the molecule is CC(=O)Nc1nc(C)c(-c2cc3c(c(N4CCOCC4)n2)C(=O)N([C@H](C)C2CC2)C3)s1. The molecule has 9 heteroatoms. The molecule has 2 fully saturated rings. The lowest BCUT2D eigenvalue weighted by atomic mass is 10.1. The number of nitrogens with one attached hydrogen (secondary N) is 1. The van der Waals surface area contributed by atoms with Gasteiger partial charge in [0.1, 0.15) is 5.82 Å². The van der Waals surface area contributed by atoms with Crippen LogP contribution in [-0.4, -0.2) is 59.0 Å². The minimum Gasteiger partial charge on any atom is -0.378 e. The Kier molecular flexibility index (Phi) is 5.18. The van der Waals surface area contributed by atoms with E-state index in [4.69, 9.17) is 9.72 Å². The number of amides is 2. The Balaban J connectivity index is 1.57. The van der Waals surface area contributed by atoms with Crippen LogP contribution >= 0.6 is 11.3 Å². The summed E-state index contributed by atoms with van der Waals surface area (Å²) < 4.78 is 5.53. The van der Waals surface area contributed by atoms with Gasteiger partial charge in [-0.25, -0.2) is 9.97 Å². The van der Waals surface area contributed by atoms with Crippen LogP contribution in [0.5, 0.6) is 0 Å². The quantitative estimate of drug-likeness (QED) is 0.767. The molecule has 5 rings (SSSR count). The summed E-state index contributed by atoms with van der Waals surface area (Å²) >= 11 is 1.42. The first kappa shape index (κ1) is 20.4. The minimum atomic E-state index is -0.147. The maximum Gasteiger partial charge on any atom is 0.258 e. The molecule has 1 saturated carbocycles. The average Bonchev–Trinajstić information content (AvgIpc) is 3.46. The Morgan fingerprint density at radius 3 is 2.71 bits per heavy atom. The fourth-order valence-electron chi connectivity index (χ4n) is 4.46. The van der Waals surface area contributed by atoms with Crippen molar-refractivity contribution in [3.63, 3.8) is 0 Å². The van der Waals surface area contributed by atoms with Crippen molar-refractivity contribution in [2.75, 3.05) is 36.5 Å². The Labute approximate surface area is 185 Å². The molecule has 2 aromatic heterocycles. The normalized spacial score (nSPS) is 19.5. The molecule has 31 heavy (non-hydrogen) atoms. The van der Waals surface area contributed by atoms with Gasteiger partial charge in [0.05, 0.1) is 35.0 Å². The molecule has 8 nitrogen and oxygen atoms in total. The van der Waals surface area contributed by atoms with E-state index < -0.39 is 0 Å². The fraction of sp³-hybridized carbons (Fsp3) is 0.545. The molecule has 0 aromatic carbocycles. The van der Waals surface area contributed by atoms with E-state index in [0.29, 0.717) is 43.9 Å². The predicted octanol–water partition coefficient (Wildman–Crippen LogP) is 3.06. The number of carbonyl (C=O) groups excluding carboxylic acids is 2. The maximum atomic E-state index is 13.4. The van der Waals surface area contributed by atoms with Crippen molar-refractivity contribution >= 4 is 34.1 Å². The van der Waals surface area contributed by atoms with Gasteiger partial charge in [0.2, 0.25) is 5.91 Å². The summed E-state index contributed by atoms with van der Waals surface area (Å²) in [6.45, 7) is 8.87. The van der Waals surface area contributed by atoms with Gasteiger partial charge in [0.15, 0.2) is 5.13 Å². The zero-order valence-electron chi connectivity index (χ0n) is 18.1. The lowest BCUT2D eigenvalue weighted by molar-refractivity contribution is -0.114. The number of hydrogen-bond acceptors (Lipinski definition) is 7. The van der Waals surface area contributed by atoms with Gasteiger partial charge in [0, 0.05) is 32.6 Å². The highest BCUT2D eigenvalue weighted by Gasteiger charge is 2.41. The summed E-state index contributed by atoms with van der Waals surface area (Å²) in [6, 6.07) is 2.28. The number of rotatable bonds is 5. The summed E-state index contributed by atoms with van der Waals surface area (Å²) in [5.41, 5.74) is 3.39. The van der Waals surface area contributed by atoms with Gasteiger partial charge >= 0.3 is 0 Å². The summed E-state index contributed by atoms with van der Waals surface area (Å²) in [4.78, 5) is 39.5. The Morgan fingerprint density at radius 1 is 1.29 bits per heavy atom. The van der Waals surface area contributed by atoms with Crippen molar-refractivity contribution in [1.82, 2.24) is 14.9 Å². The lowest BCUT2D eigenvalue weighted by Gasteiger charge is -2.29. The van der Waals surface area contributed by atoms with Gasteiger partial charge in [-0.1, -0.05) is 11.3 Å². The average molecular weight is 442 g/mol. The number of ether oxygens (including phenoxy) is 1. The first-order valence-electron chi connectivity index (χ1n) is 10.9. The molecule has 0 radical (unpaired) electrons. The fourth-order valence-corrected chi connectivity index (χ4v) is 5.43. The number of morpholine rings is 1. The molecule has 3 aliphatic rings. The third-order valence-corrected chi connectivity index (χ3v) is 7.41. The monoisotopic (exact) mass is 441 g/mol. The number of anilines is 2. The molecule has 0 spiro atoms. The number of nitrogens with zero attached hydrogens (tertiary/aromatic N) is 4. The van der Waals surface area contributed by atoms with Gasteiger partial charge in [-0.2, -0.15) is 0 Å². The van der Waals surface area contributed by atoms with Crippen molar-refractivity contribution in [1.29, 1.82) is 0 Å². The van der Waals surface area contributed by atoms with Gasteiger partial charge in [0.25, 0.3) is 5.91 Å². The largest absolute Gasteiger partial charge is 0.378 e. The second kappa shape index (κ2) is 7.87. The van der Waals surface area contributed by atoms with Crippen molar-refractivity contribution in [3.05, 3.63) is 22.9 Å². The number of thiazole rings is 1. The van der Waals surface area contributed by atoms with Crippen LogP contribution in [0.2, 0.25) is 0 Å². The van der Waals surface area contributed by atoms with Crippen LogP contribution in [-0.2, 0) is 16.1 Å². The van der Waals surface area contributed by atoms with E-state index >= 15 is 0 Å². The molecule has 1 aliphatic carbocycles. The lowest BCUT2D eigenvalue weighted by Crippen LogP contribution is -2.39. The predicted molar refractivity (Wildman–Crippen MR) is 119 cm³/mol. The molecule has 0 bridgehead atoms. The molecule has 0 unspecified atom stereocenters. The zero-order valence-corrected chi connectivity index (χ0v) is 18.9. The first-order valence-corrected chi connectivity index (χ1v) is 11.7. The molecule has 2 aromatic rings. The highest BCUT2D eigenvalue weighted by atomic mass is 32.1. The maximum absolute atomic E-state index is 13.4. The van der Waals surface area contributed by atoms with Crippen LogP contribution in [0.4, 0.5) is 10.9 Å². The molecule has 1 atom stereocenters. The van der Waals surface area contributed by atoms with Gasteiger partial charge in [-0.3, -0.25) is 9.59 Å². The molecule has 1 saturated heterocycles. The number of aryl methyl sites for hydroxylation is 1. The summed E-state index contributed by atoms with van der Waals surface area (Å²) in [7, 11) is 0. The van der Waals surface area contributed by atoms with Crippen LogP contribution in [0.25, 0.3) is 10.6 Å². The van der Waals surface area contributed by atoms with Crippen molar-refractivity contribution < 1.29 is 14.3 Å². The summed E-state index contributed by atoms with van der Waals surface area (Å²) in [5, 5.41) is 3.33. The van der Waals surface area contributed by atoms with E-state index in [9.17, 15) is 9.59 Å². The van der Waals surface area contributed by atoms with Crippen LogP contribution in [0.15, 0.2) is 6.07 Å². The van der Waals surface area contributed by atoms with Crippen molar-refractivity contribution in [2.24, 2.45) is 5.92 Å². The minimum absolute atomic E-state index is 0.0925. The number of fused-ring (bicyclic) bond motifs is 1. The van der Waals surface area contributed by atoms with Crippen molar-refractivity contribution in [3.8, 4) is 10.6 Å². The third-order valence-electron chi connectivity index (χ3n) is 6.32. The molecular weight excluding hydrogens is 414 g/mol.